The summed E-state index contributed by atoms with van der Waals surface area (Å²) in [5.41, 5.74) is 0. The summed E-state index contributed by atoms with van der Waals surface area (Å²) in [6.45, 7) is 2.25. The van der Waals surface area contributed by atoms with Crippen molar-refractivity contribution in [2.24, 2.45) is 11.8 Å². The highest BCUT2D eigenvalue weighted by Crippen LogP contribution is 2.40. The summed E-state index contributed by atoms with van der Waals surface area (Å²) in [5.74, 6) is 1.21. The summed E-state index contributed by atoms with van der Waals surface area (Å²) < 4.78 is 0. The molecule has 1 rings (SSSR count). The van der Waals surface area contributed by atoms with E-state index in [0.717, 1.165) is 12.2 Å². The van der Waals surface area contributed by atoms with Gasteiger partial charge in [0, 0.05) is 5.92 Å². The van der Waals surface area contributed by atoms with Crippen LogP contribution in [0.4, 0.5) is 0 Å². The van der Waals surface area contributed by atoms with Gasteiger partial charge in [-0.15, -0.1) is 0 Å². The molecule has 76 valence electrons. The molecule has 0 aromatic heterocycles. The molecule has 0 spiro atoms. The predicted octanol–water partition coefficient (Wildman–Crippen LogP) is 3.57. The van der Waals surface area contributed by atoms with E-state index < -0.39 is 0 Å². The van der Waals surface area contributed by atoms with Crippen molar-refractivity contribution in [3.8, 4) is 0 Å². The monoisotopic (exact) mass is 182 g/mol. The molecule has 0 heterocycles. The summed E-state index contributed by atoms with van der Waals surface area (Å²) >= 11 is 0. The van der Waals surface area contributed by atoms with Crippen LogP contribution in [0.25, 0.3) is 0 Å². The zero-order valence-corrected chi connectivity index (χ0v) is 8.80. The molecular formula is C12H22O. The average Bonchev–Trinajstić information content (AvgIpc) is 2.90. The summed E-state index contributed by atoms with van der Waals surface area (Å²) in [7, 11) is 0. The molecule has 0 bridgehead atoms. The van der Waals surface area contributed by atoms with Crippen LogP contribution in [-0.4, -0.2) is 6.29 Å². The van der Waals surface area contributed by atoms with Crippen molar-refractivity contribution in [1.82, 2.24) is 0 Å². The van der Waals surface area contributed by atoms with Gasteiger partial charge in [0.15, 0.2) is 0 Å². The van der Waals surface area contributed by atoms with Gasteiger partial charge in [-0.25, -0.2) is 0 Å². The van der Waals surface area contributed by atoms with Gasteiger partial charge in [-0.3, -0.25) is 0 Å². The van der Waals surface area contributed by atoms with Gasteiger partial charge in [-0.05, 0) is 18.8 Å². The minimum Gasteiger partial charge on any atom is -0.303 e. The first-order valence-electron chi connectivity index (χ1n) is 5.83. The SMILES string of the molecule is CCCCCCCC[C@H]1C[C@H]1C=O. The van der Waals surface area contributed by atoms with Crippen LogP contribution in [0.2, 0.25) is 0 Å². The zero-order valence-electron chi connectivity index (χ0n) is 8.80. The lowest BCUT2D eigenvalue weighted by Crippen LogP contribution is -1.85. The molecule has 1 aliphatic rings. The number of hydrogen-bond acceptors (Lipinski definition) is 1. The van der Waals surface area contributed by atoms with E-state index in [9.17, 15) is 4.79 Å². The molecule has 0 aromatic rings. The Labute approximate surface area is 81.9 Å². The van der Waals surface area contributed by atoms with Gasteiger partial charge in [0.2, 0.25) is 0 Å². The summed E-state index contributed by atoms with van der Waals surface area (Å²) in [4.78, 5) is 10.4. The second-order valence-corrected chi connectivity index (χ2v) is 4.35. The van der Waals surface area contributed by atoms with Crippen LogP contribution < -0.4 is 0 Å². The Kier molecular flexibility index (Phi) is 5.10. The lowest BCUT2D eigenvalue weighted by molar-refractivity contribution is -0.109. The first-order valence-corrected chi connectivity index (χ1v) is 5.83. The van der Waals surface area contributed by atoms with Gasteiger partial charge in [0.1, 0.15) is 6.29 Å². The maximum atomic E-state index is 10.4. The highest BCUT2D eigenvalue weighted by atomic mass is 16.1. The summed E-state index contributed by atoms with van der Waals surface area (Å²) in [5, 5.41) is 0. The van der Waals surface area contributed by atoms with E-state index in [-0.39, 0.29) is 0 Å². The molecule has 1 heteroatoms. The largest absolute Gasteiger partial charge is 0.303 e. The van der Waals surface area contributed by atoms with E-state index in [2.05, 4.69) is 6.92 Å². The fourth-order valence-electron chi connectivity index (χ4n) is 1.96. The Morgan fingerprint density at radius 2 is 1.85 bits per heavy atom. The normalized spacial score (nSPS) is 25.9. The zero-order chi connectivity index (χ0) is 9.52. The topological polar surface area (TPSA) is 17.1 Å². The first-order chi connectivity index (χ1) is 6.38. The standard InChI is InChI=1S/C12H22O/c1-2-3-4-5-6-7-8-11-9-12(11)10-13/h10-12H,2-9H2,1H3/t11-,12-/m0/s1. The van der Waals surface area contributed by atoms with Crippen LogP contribution in [0.3, 0.4) is 0 Å². The molecule has 2 atom stereocenters. The van der Waals surface area contributed by atoms with Gasteiger partial charge >= 0.3 is 0 Å². The van der Waals surface area contributed by atoms with Gasteiger partial charge in [-0.2, -0.15) is 0 Å². The highest BCUT2D eigenvalue weighted by Gasteiger charge is 2.35. The third-order valence-corrected chi connectivity index (χ3v) is 3.08. The van der Waals surface area contributed by atoms with E-state index in [1.165, 1.54) is 51.4 Å². The van der Waals surface area contributed by atoms with Crippen LogP contribution in [-0.2, 0) is 4.79 Å². The van der Waals surface area contributed by atoms with Crippen molar-refractivity contribution >= 4 is 6.29 Å². The molecule has 0 N–H and O–H groups in total. The Hall–Kier alpha value is -0.330. The lowest BCUT2D eigenvalue weighted by atomic mass is 10.1. The quantitative estimate of drug-likeness (QED) is 0.414. The fraction of sp³-hybridized carbons (Fsp3) is 0.917. The molecule has 0 radical (unpaired) electrons. The van der Waals surface area contributed by atoms with Gasteiger partial charge < -0.3 is 4.79 Å². The van der Waals surface area contributed by atoms with E-state index in [4.69, 9.17) is 0 Å². The minimum atomic E-state index is 0.440. The fourth-order valence-corrected chi connectivity index (χ4v) is 1.96. The van der Waals surface area contributed by atoms with E-state index in [0.29, 0.717) is 5.92 Å². The lowest BCUT2D eigenvalue weighted by Gasteiger charge is -1.99. The highest BCUT2D eigenvalue weighted by molar-refractivity contribution is 5.58. The van der Waals surface area contributed by atoms with Gasteiger partial charge in [0.05, 0.1) is 0 Å². The van der Waals surface area contributed by atoms with Crippen LogP contribution in [0.15, 0.2) is 0 Å². The number of carbonyl (C=O) groups excluding carboxylic acids is 1. The van der Waals surface area contributed by atoms with E-state index >= 15 is 0 Å². The number of aldehydes is 1. The van der Waals surface area contributed by atoms with Crippen LogP contribution in [0.5, 0.6) is 0 Å². The van der Waals surface area contributed by atoms with Crippen LogP contribution in [0.1, 0.15) is 58.3 Å². The van der Waals surface area contributed by atoms with Gasteiger partial charge in [0.25, 0.3) is 0 Å². The Balaban J connectivity index is 1.77. The second-order valence-electron chi connectivity index (χ2n) is 4.35. The second kappa shape index (κ2) is 6.17. The number of carbonyl (C=O) groups is 1. The summed E-state index contributed by atoms with van der Waals surface area (Å²) in [6, 6.07) is 0. The minimum absolute atomic E-state index is 0.440. The van der Waals surface area contributed by atoms with Crippen molar-refractivity contribution in [3.05, 3.63) is 0 Å². The molecule has 13 heavy (non-hydrogen) atoms. The van der Waals surface area contributed by atoms with Crippen molar-refractivity contribution in [2.75, 3.05) is 0 Å². The van der Waals surface area contributed by atoms with Crippen LogP contribution in [0, 0.1) is 11.8 Å². The molecule has 0 unspecified atom stereocenters. The summed E-state index contributed by atoms with van der Waals surface area (Å²) in [6.07, 6.45) is 11.9. The molecule has 1 aliphatic carbocycles. The van der Waals surface area contributed by atoms with Crippen molar-refractivity contribution in [2.45, 2.75) is 58.3 Å². The molecule has 1 nitrogen and oxygen atoms in total. The number of unbranched alkanes of at least 4 members (excludes halogenated alkanes) is 5. The maximum Gasteiger partial charge on any atom is 0.123 e. The van der Waals surface area contributed by atoms with Crippen molar-refractivity contribution in [3.63, 3.8) is 0 Å². The Bertz CT molecular complexity index is 142. The molecular weight excluding hydrogens is 160 g/mol. The average molecular weight is 182 g/mol. The molecule has 1 fully saturated rings. The smallest absolute Gasteiger partial charge is 0.123 e. The van der Waals surface area contributed by atoms with Crippen molar-refractivity contribution in [1.29, 1.82) is 0 Å². The Morgan fingerprint density at radius 1 is 1.15 bits per heavy atom. The molecule has 0 saturated heterocycles. The predicted molar refractivity (Wildman–Crippen MR) is 55.7 cm³/mol. The number of hydrogen-bond donors (Lipinski definition) is 0. The van der Waals surface area contributed by atoms with E-state index in [1.54, 1.807) is 0 Å². The number of rotatable bonds is 8. The van der Waals surface area contributed by atoms with Gasteiger partial charge in [-0.1, -0.05) is 45.4 Å². The van der Waals surface area contributed by atoms with E-state index in [1.807, 2.05) is 0 Å². The third-order valence-electron chi connectivity index (χ3n) is 3.08. The van der Waals surface area contributed by atoms with Crippen LogP contribution >= 0.6 is 0 Å². The maximum absolute atomic E-state index is 10.4. The first kappa shape index (κ1) is 10.7. The Morgan fingerprint density at radius 3 is 2.46 bits per heavy atom. The van der Waals surface area contributed by atoms with Crippen molar-refractivity contribution < 1.29 is 4.79 Å². The molecule has 1 saturated carbocycles. The molecule has 0 aliphatic heterocycles. The molecule has 0 aromatic carbocycles. The third kappa shape index (κ3) is 4.44. The molecule has 0 amide bonds.